The molecule has 134 valence electrons. The molecule has 1 saturated heterocycles. The number of carbonyl (C=O) groups is 1. The van der Waals surface area contributed by atoms with Gasteiger partial charge in [-0.3, -0.25) is 4.79 Å². The van der Waals surface area contributed by atoms with Gasteiger partial charge in [-0.15, -0.1) is 0 Å². The number of carbonyl (C=O) groups excluding carboxylic acids is 1. The van der Waals surface area contributed by atoms with Crippen LogP contribution < -0.4 is 10.1 Å². The molecular weight excluding hydrogens is 320 g/mol. The Morgan fingerprint density at radius 3 is 2.92 bits per heavy atom. The number of hydrogen-bond donors (Lipinski definition) is 1. The second-order valence-electron chi connectivity index (χ2n) is 6.15. The fraction of sp³-hybridized carbons (Fsp3) is 0.474. The molecule has 2 aromatic rings. The van der Waals surface area contributed by atoms with Crippen molar-refractivity contribution in [2.24, 2.45) is 0 Å². The molecule has 1 N–H and O–H groups in total. The lowest BCUT2D eigenvalue weighted by molar-refractivity contribution is -0.121. The van der Waals surface area contributed by atoms with Gasteiger partial charge >= 0.3 is 0 Å². The largest absolute Gasteiger partial charge is 0.497 e. The maximum absolute atomic E-state index is 11.9. The second-order valence-corrected chi connectivity index (χ2v) is 6.15. The molecule has 1 aliphatic rings. The molecule has 0 radical (unpaired) electrons. The highest BCUT2D eigenvalue weighted by Crippen LogP contribution is 2.21. The molecule has 25 heavy (non-hydrogen) atoms. The molecule has 1 atom stereocenters. The van der Waals surface area contributed by atoms with E-state index in [1.807, 2.05) is 24.3 Å². The van der Waals surface area contributed by atoms with Crippen molar-refractivity contribution in [1.29, 1.82) is 0 Å². The van der Waals surface area contributed by atoms with Crippen LogP contribution in [0.15, 0.2) is 34.9 Å². The highest BCUT2D eigenvalue weighted by Gasteiger charge is 2.16. The number of aromatic nitrogens is 1. The summed E-state index contributed by atoms with van der Waals surface area (Å²) in [6.07, 6.45) is 6.03. The van der Waals surface area contributed by atoms with Crippen molar-refractivity contribution < 1.29 is 18.7 Å². The quantitative estimate of drug-likeness (QED) is 0.797. The van der Waals surface area contributed by atoms with Crippen LogP contribution >= 0.6 is 0 Å². The van der Waals surface area contributed by atoms with Gasteiger partial charge < -0.3 is 19.2 Å². The van der Waals surface area contributed by atoms with Crippen molar-refractivity contribution >= 4 is 5.91 Å². The predicted octanol–water partition coefficient (Wildman–Crippen LogP) is 2.97. The number of nitrogens with zero attached hydrogens (tertiary/aromatic N) is 1. The third kappa shape index (κ3) is 5.06. The molecule has 0 saturated carbocycles. The van der Waals surface area contributed by atoms with Crippen LogP contribution in [-0.4, -0.2) is 37.3 Å². The Labute approximate surface area is 147 Å². The summed E-state index contributed by atoms with van der Waals surface area (Å²) < 4.78 is 16.2. The molecule has 1 aromatic heterocycles. The van der Waals surface area contributed by atoms with Crippen molar-refractivity contribution in [3.8, 4) is 17.2 Å². The SMILES string of the molecule is COc1ccc(-c2nc(CCNC(=O)CC[C@H]3CCCO3)co2)cc1. The molecule has 3 rings (SSSR count). The first kappa shape index (κ1) is 17.5. The number of nitrogens with one attached hydrogen (secondary N) is 1. The maximum Gasteiger partial charge on any atom is 0.226 e. The lowest BCUT2D eigenvalue weighted by Crippen LogP contribution is -2.26. The van der Waals surface area contributed by atoms with E-state index < -0.39 is 0 Å². The van der Waals surface area contributed by atoms with Gasteiger partial charge in [-0.05, 0) is 43.5 Å². The smallest absolute Gasteiger partial charge is 0.226 e. The summed E-state index contributed by atoms with van der Waals surface area (Å²) in [7, 11) is 1.63. The first-order valence-corrected chi connectivity index (χ1v) is 8.72. The molecule has 1 aromatic carbocycles. The third-order valence-corrected chi connectivity index (χ3v) is 4.31. The summed E-state index contributed by atoms with van der Waals surface area (Å²) in [5, 5.41) is 2.93. The van der Waals surface area contributed by atoms with Crippen molar-refractivity contribution in [3.05, 3.63) is 36.2 Å². The Morgan fingerprint density at radius 1 is 1.36 bits per heavy atom. The van der Waals surface area contributed by atoms with Crippen LogP contribution in [0, 0.1) is 0 Å². The Kier molecular flexibility index (Phi) is 6.06. The first-order chi connectivity index (χ1) is 12.2. The molecule has 0 spiro atoms. The zero-order valence-corrected chi connectivity index (χ0v) is 14.5. The molecule has 1 amide bonds. The van der Waals surface area contributed by atoms with Crippen LogP contribution in [-0.2, 0) is 16.0 Å². The van der Waals surface area contributed by atoms with Crippen LogP contribution in [0.2, 0.25) is 0 Å². The van der Waals surface area contributed by atoms with E-state index >= 15 is 0 Å². The predicted molar refractivity (Wildman–Crippen MR) is 93.4 cm³/mol. The number of ether oxygens (including phenoxy) is 2. The molecular formula is C19H24N2O4. The van der Waals surface area contributed by atoms with E-state index in [9.17, 15) is 4.79 Å². The summed E-state index contributed by atoms with van der Waals surface area (Å²) in [6.45, 7) is 1.38. The summed E-state index contributed by atoms with van der Waals surface area (Å²) in [5.74, 6) is 1.43. The highest BCUT2D eigenvalue weighted by molar-refractivity contribution is 5.75. The molecule has 0 aliphatic carbocycles. The van der Waals surface area contributed by atoms with E-state index in [2.05, 4.69) is 10.3 Å². The monoisotopic (exact) mass is 344 g/mol. The van der Waals surface area contributed by atoms with Crippen LogP contribution in [0.25, 0.3) is 11.5 Å². The van der Waals surface area contributed by atoms with Crippen LogP contribution in [0.1, 0.15) is 31.4 Å². The van der Waals surface area contributed by atoms with Gasteiger partial charge in [0.05, 0.1) is 18.9 Å². The van der Waals surface area contributed by atoms with E-state index in [1.165, 1.54) is 0 Å². The van der Waals surface area contributed by atoms with Crippen LogP contribution in [0.4, 0.5) is 0 Å². The van der Waals surface area contributed by atoms with E-state index in [-0.39, 0.29) is 12.0 Å². The van der Waals surface area contributed by atoms with Crippen LogP contribution in [0.3, 0.4) is 0 Å². The standard InChI is InChI=1S/C19H24N2O4/c1-23-16-6-4-14(5-7-16)19-21-15(13-25-19)10-11-20-18(22)9-8-17-3-2-12-24-17/h4-7,13,17H,2-3,8-12H2,1H3,(H,20,22)/t17-/m1/s1. The van der Waals surface area contributed by atoms with Crippen molar-refractivity contribution in [1.82, 2.24) is 10.3 Å². The number of methoxy groups -OCH3 is 1. The normalized spacial score (nSPS) is 16.8. The molecule has 6 heteroatoms. The number of amides is 1. The van der Waals surface area contributed by atoms with Gasteiger partial charge in [0.15, 0.2) is 0 Å². The molecule has 1 aliphatic heterocycles. The van der Waals surface area contributed by atoms with Crippen molar-refractivity contribution in [3.63, 3.8) is 0 Å². The third-order valence-electron chi connectivity index (χ3n) is 4.31. The lowest BCUT2D eigenvalue weighted by atomic mass is 10.1. The van der Waals surface area contributed by atoms with Gasteiger partial charge in [0.25, 0.3) is 0 Å². The molecule has 2 heterocycles. The topological polar surface area (TPSA) is 73.6 Å². The molecule has 0 unspecified atom stereocenters. The zero-order chi connectivity index (χ0) is 17.5. The highest BCUT2D eigenvalue weighted by atomic mass is 16.5. The van der Waals surface area contributed by atoms with Crippen molar-refractivity contribution in [2.45, 2.75) is 38.2 Å². The minimum atomic E-state index is 0.0642. The fourth-order valence-electron chi connectivity index (χ4n) is 2.87. The molecule has 0 bridgehead atoms. The van der Waals surface area contributed by atoms with Gasteiger partial charge in [0, 0.05) is 31.6 Å². The van der Waals surface area contributed by atoms with Crippen molar-refractivity contribution in [2.75, 3.05) is 20.3 Å². The number of rotatable bonds is 8. The van der Waals surface area contributed by atoms with E-state index in [0.717, 1.165) is 42.9 Å². The van der Waals surface area contributed by atoms with E-state index in [0.29, 0.717) is 25.3 Å². The number of oxazole rings is 1. The summed E-state index contributed by atoms with van der Waals surface area (Å²) in [5.41, 5.74) is 1.72. The fourth-order valence-corrected chi connectivity index (χ4v) is 2.87. The minimum Gasteiger partial charge on any atom is -0.497 e. The Balaban J connectivity index is 1.41. The number of benzene rings is 1. The number of hydrogen-bond acceptors (Lipinski definition) is 5. The van der Waals surface area contributed by atoms with Gasteiger partial charge in [-0.25, -0.2) is 4.98 Å². The second kappa shape index (κ2) is 8.67. The van der Waals surface area contributed by atoms with Gasteiger partial charge in [0.1, 0.15) is 12.0 Å². The lowest BCUT2D eigenvalue weighted by Gasteiger charge is -2.08. The Morgan fingerprint density at radius 2 is 2.20 bits per heavy atom. The van der Waals surface area contributed by atoms with E-state index in [1.54, 1.807) is 13.4 Å². The zero-order valence-electron chi connectivity index (χ0n) is 14.5. The summed E-state index contributed by atoms with van der Waals surface area (Å²) >= 11 is 0. The molecule has 1 fully saturated rings. The minimum absolute atomic E-state index is 0.0642. The maximum atomic E-state index is 11.9. The average molecular weight is 344 g/mol. The van der Waals surface area contributed by atoms with Crippen LogP contribution in [0.5, 0.6) is 5.75 Å². The molecule has 6 nitrogen and oxygen atoms in total. The Hall–Kier alpha value is -2.34. The average Bonchev–Trinajstić information content (AvgIpc) is 3.32. The summed E-state index contributed by atoms with van der Waals surface area (Å²) in [4.78, 5) is 16.3. The van der Waals surface area contributed by atoms with Gasteiger partial charge in [-0.2, -0.15) is 0 Å². The Bertz CT molecular complexity index is 675. The summed E-state index contributed by atoms with van der Waals surface area (Å²) in [6, 6.07) is 7.55. The van der Waals surface area contributed by atoms with Gasteiger partial charge in [0.2, 0.25) is 11.8 Å². The first-order valence-electron chi connectivity index (χ1n) is 8.72. The van der Waals surface area contributed by atoms with E-state index in [4.69, 9.17) is 13.9 Å². The van der Waals surface area contributed by atoms with Gasteiger partial charge in [-0.1, -0.05) is 0 Å².